The lowest BCUT2D eigenvalue weighted by Crippen LogP contribution is -2.15. The summed E-state index contributed by atoms with van der Waals surface area (Å²) in [6.07, 6.45) is 1.54. The van der Waals surface area contributed by atoms with Gasteiger partial charge in [0.2, 0.25) is 0 Å². The van der Waals surface area contributed by atoms with Crippen LogP contribution in [0.4, 0.5) is 5.69 Å². The molecule has 8 nitrogen and oxygen atoms in total. The monoisotopic (exact) mass is 429 g/mol. The average molecular weight is 429 g/mol. The highest BCUT2D eigenvalue weighted by atomic mass is 32.2. The lowest BCUT2D eigenvalue weighted by Gasteiger charge is -2.12. The van der Waals surface area contributed by atoms with Gasteiger partial charge in [0.05, 0.1) is 10.5 Å². The highest BCUT2D eigenvalue weighted by Gasteiger charge is 2.20. The average Bonchev–Trinajstić information content (AvgIpc) is 3.14. The first-order valence-corrected chi connectivity index (χ1v) is 11.0. The number of rotatable bonds is 8. The molecular formula is C21H23N3O5S. The molecule has 0 amide bonds. The molecule has 30 heavy (non-hydrogen) atoms. The van der Waals surface area contributed by atoms with Crippen molar-refractivity contribution in [3.05, 3.63) is 70.9 Å². The minimum atomic E-state index is -3.89. The maximum atomic E-state index is 12.9. The van der Waals surface area contributed by atoms with E-state index >= 15 is 0 Å². The fourth-order valence-corrected chi connectivity index (χ4v) is 4.14. The van der Waals surface area contributed by atoms with E-state index in [0.29, 0.717) is 23.5 Å². The Kier molecular flexibility index (Phi) is 6.51. The molecule has 0 spiro atoms. The number of hydrogen-bond acceptors (Lipinski definition) is 7. The highest BCUT2D eigenvalue weighted by Crippen LogP contribution is 2.22. The Morgan fingerprint density at radius 3 is 2.70 bits per heavy atom. The molecule has 158 valence electrons. The number of benzene rings is 2. The van der Waals surface area contributed by atoms with Crippen LogP contribution in [0.2, 0.25) is 0 Å². The molecule has 0 unspecified atom stereocenters. The molecule has 3 rings (SSSR count). The first-order chi connectivity index (χ1) is 14.3. The van der Waals surface area contributed by atoms with E-state index in [2.05, 4.69) is 14.9 Å². The van der Waals surface area contributed by atoms with Gasteiger partial charge in [-0.2, -0.15) is 4.98 Å². The van der Waals surface area contributed by atoms with Gasteiger partial charge in [0, 0.05) is 12.1 Å². The number of sulfonamides is 1. The molecule has 2 aromatic carbocycles. The Morgan fingerprint density at radius 2 is 1.97 bits per heavy atom. The summed E-state index contributed by atoms with van der Waals surface area (Å²) >= 11 is 0. The number of hydrogen-bond donors (Lipinski definition) is 1. The van der Waals surface area contributed by atoms with Crippen LogP contribution in [0.1, 0.15) is 46.5 Å². The van der Waals surface area contributed by atoms with Gasteiger partial charge < -0.3 is 9.26 Å². The quantitative estimate of drug-likeness (QED) is 0.542. The summed E-state index contributed by atoms with van der Waals surface area (Å²) in [7, 11) is -3.89. The predicted molar refractivity (Wildman–Crippen MR) is 111 cm³/mol. The minimum Gasteiger partial charge on any atom is -0.452 e. The molecule has 0 saturated heterocycles. The van der Waals surface area contributed by atoms with Crippen molar-refractivity contribution in [3.63, 3.8) is 0 Å². The summed E-state index contributed by atoms with van der Waals surface area (Å²) in [4.78, 5) is 16.5. The van der Waals surface area contributed by atoms with E-state index in [1.807, 2.05) is 19.9 Å². The maximum absolute atomic E-state index is 12.9. The molecule has 0 fully saturated rings. The Balaban J connectivity index is 1.75. The second-order valence-electron chi connectivity index (χ2n) is 6.89. The lowest BCUT2D eigenvalue weighted by molar-refractivity contribution is 0.0429. The fourth-order valence-electron chi connectivity index (χ4n) is 2.82. The van der Waals surface area contributed by atoms with Gasteiger partial charge >= 0.3 is 5.97 Å². The molecule has 1 heterocycles. The molecule has 0 aliphatic heterocycles. The number of ether oxygens (including phenoxy) is 1. The van der Waals surface area contributed by atoms with Gasteiger partial charge in [-0.25, -0.2) is 13.2 Å². The smallest absolute Gasteiger partial charge is 0.338 e. The topological polar surface area (TPSA) is 111 Å². The largest absolute Gasteiger partial charge is 0.452 e. The van der Waals surface area contributed by atoms with Crippen LogP contribution in [0.3, 0.4) is 0 Å². The Labute approximate surface area is 175 Å². The van der Waals surface area contributed by atoms with Crippen LogP contribution in [0.15, 0.2) is 51.9 Å². The van der Waals surface area contributed by atoms with Crippen molar-refractivity contribution in [2.45, 2.75) is 45.1 Å². The van der Waals surface area contributed by atoms with Crippen molar-refractivity contribution in [1.29, 1.82) is 0 Å². The molecule has 9 heteroatoms. The van der Waals surface area contributed by atoms with E-state index < -0.39 is 16.0 Å². The third-order valence-corrected chi connectivity index (χ3v) is 5.82. The Bertz CT molecular complexity index is 1150. The number of esters is 1. The summed E-state index contributed by atoms with van der Waals surface area (Å²) in [6.45, 7) is 5.34. The first kappa shape index (κ1) is 21.5. The lowest BCUT2D eigenvalue weighted by atomic mass is 10.1. The van der Waals surface area contributed by atoms with E-state index in [1.165, 1.54) is 12.1 Å². The van der Waals surface area contributed by atoms with Gasteiger partial charge in [0.1, 0.15) is 0 Å². The zero-order valence-electron chi connectivity index (χ0n) is 17.0. The van der Waals surface area contributed by atoms with Crippen molar-refractivity contribution in [3.8, 4) is 0 Å². The van der Waals surface area contributed by atoms with Crippen molar-refractivity contribution < 1.29 is 22.5 Å². The summed E-state index contributed by atoms with van der Waals surface area (Å²) in [5.41, 5.74) is 1.99. The second-order valence-corrected chi connectivity index (χ2v) is 8.54. The van der Waals surface area contributed by atoms with Gasteiger partial charge in [-0.1, -0.05) is 30.3 Å². The van der Waals surface area contributed by atoms with Crippen LogP contribution in [0, 0.1) is 13.8 Å². The minimum absolute atomic E-state index is 0.00137. The van der Waals surface area contributed by atoms with Gasteiger partial charge in [0.25, 0.3) is 15.9 Å². The zero-order valence-corrected chi connectivity index (χ0v) is 17.8. The van der Waals surface area contributed by atoms with Crippen molar-refractivity contribution >= 4 is 21.7 Å². The summed E-state index contributed by atoms with van der Waals surface area (Å²) in [5.74, 6) is 0.0552. The van der Waals surface area contributed by atoms with E-state index in [0.717, 1.165) is 12.0 Å². The number of aryl methyl sites for hydroxylation is 3. The molecule has 0 atom stereocenters. The number of aromatic nitrogens is 2. The number of nitrogens with zero attached hydrogens (tertiary/aromatic N) is 2. The van der Waals surface area contributed by atoms with Gasteiger partial charge in [-0.05, 0) is 55.7 Å². The molecule has 0 aliphatic carbocycles. The zero-order chi connectivity index (χ0) is 21.7. The summed E-state index contributed by atoms with van der Waals surface area (Å²) < 4.78 is 38.5. The van der Waals surface area contributed by atoms with Crippen molar-refractivity contribution in [2.24, 2.45) is 0 Å². The molecule has 0 bridgehead atoms. The predicted octanol–water partition coefficient (Wildman–Crippen LogP) is 3.80. The van der Waals surface area contributed by atoms with Crippen LogP contribution in [-0.2, 0) is 27.8 Å². The fraction of sp³-hybridized carbons (Fsp3) is 0.286. The molecule has 1 aromatic heterocycles. The number of anilines is 1. The Hall–Kier alpha value is -3.20. The molecule has 0 saturated carbocycles. The van der Waals surface area contributed by atoms with Gasteiger partial charge in [-0.15, -0.1) is 0 Å². The third-order valence-electron chi connectivity index (χ3n) is 4.29. The number of carbonyl (C=O) groups excluding carboxylic acids is 1. The van der Waals surface area contributed by atoms with E-state index in [4.69, 9.17) is 9.26 Å². The van der Waals surface area contributed by atoms with Crippen molar-refractivity contribution in [1.82, 2.24) is 10.1 Å². The van der Waals surface area contributed by atoms with E-state index in [-0.39, 0.29) is 23.0 Å². The second kappa shape index (κ2) is 9.08. The molecule has 0 aliphatic rings. The van der Waals surface area contributed by atoms with Crippen LogP contribution in [0.5, 0.6) is 0 Å². The third kappa shape index (κ3) is 5.24. The highest BCUT2D eigenvalue weighted by molar-refractivity contribution is 7.92. The van der Waals surface area contributed by atoms with Gasteiger partial charge in [0.15, 0.2) is 12.4 Å². The van der Waals surface area contributed by atoms with Crippen LogP contribution >= 0.6 is 0 Å². The summed E-state index contributed by atoms with van der Waals surface area (Å²) in [5, 5.41) is 3.80. The van der Waals surface area contributed by atoms with Gasteiger partial charge in [-0.3, -0.25) is 4.72 Å². The molecular weight excluding hydrogens is 406 g/mol. The standard InChI is InChI=1S/C21H23N3O5S/c1-4-6-19-22-20(29-23-19)13-28-21(25)16-10-9-15(3)18(12-16)30(26,27)24-17-8-5-7-14(2)11-17/h5,7-12,24H,4,6,13H2,1-3H3. The maximum Gasteiger partial charge on any atom is 0.338 e. The molecule has 3 aromatic rings. The number of carbonyl (C=O) groups is 1. The molecule has 0 radical (unpaired) electrons. The van der Waals surface area contributed by atoms with Crippen LogP contribution < -0.4 is 4.72 Å². The number of nitrogens with one attached hydrogen (secondary N) is 1. The Morgan fingerprint density at radius 1 is 1.17 bits per heavy atom. The first-order valence-electron chi connectivity index (χ1n) is 9.47. The van der Waals surface area contributed by atoms with Crippen LogP contribution in [0.25, 0.3) is 0 Å². The SMILES string of the molecule is CCCc1noc(COC(=O)c2ccc(C)c(S(=O)(=O)Nc3cccc(C)c3)c2)n1. The normalized spacial score (nSPS) is 11.3. The van der Waals surface area contributed by atoms with E-state index in [9.17, 15) is 13.2 Å². The summed E-state index contributed by atoms with van der Waals surface area (Å²) in [6, 6.07) is 11.4. The molecule has 1 N–H and O–H groups in total. The van der Waals surface area contributed by atoms with E-state index in [1.54, 1.807) is 31.2 Å². The van der Waals surface area contributed by atoms with Crippen molar-refractivity contribution in [2.75, 3.05) is 4.72 Å². The van der Waals surface area contributed by atoms with Crippen LogP contribution in [-0.4, -0.2) is 24.5 Å².